The highest BCUT2D eigenvalue weighted by atomic mass is 16.6. The van der Waals surface area contributed by atoms with Crippen LogP contribution in [-0.4, -0.2) is 42.5 Å². The van der Waals surface area contributed by atoms with Gasteiger partial charge in [-0.1, -0.05) is 6.08 Å². The van der Waals surface area contributed by atoms with E-state index < -0.39 is 5.60 Å². The molecule has 0 aromatic heterocycles. The van der Waals surface area contributed by atoms with Crippen molar-refractivity contribution < 1.29 is 14.3 Å². The largest absolute Gasteiger partial charge is 0.444 e. The smallest absolute Gasteiger partial charge is 0.407 e. The molecule has 0 aliphatic heterocycles. The molecule has 0 spiro atoms. The van der Waals surface area contributed by atoms with Crippen LogP contribution < -0.4 is 10.6 Å². The van der Waals surface area contributed by atoms with E-state index in [0.29, 0.717) is 12.6 Å². The Morgan fingerprint density at radius 3 is 2.68 bits per heavy atom. The van der Waals surface area contributed by atoms with Gasteiger partial charge in [0.05, 0.1) is 18.2 Å². The van der Waals surface area contributed by atoms with Crippen molar-refractivity contribution in [3.8, 4) is 0 Å². The normalized spacial score (nSPS) is 26.0. The fraction of sp³-hybridized carbons (Fsp3) is 0.824. The third-order valence-corrected chi connectivity index (χ3v) is 3.68. The standard InChI is InChI=1S/C17H32N2O3/c1-7-9-10-12(3)18-15-13(11-14(15)21-8-2)19-16(20)22-17(4,5)6/h7,12-15,18H,1,8-11H2,2-6H3,(H,19,20). The van der Waals surface area contributed by atoms with Crippen LogP contribution in [0.2, 0.25) is 0 Å². The van der Waals surface area contributed by atoms with E-state index in [-0.39, 0.29) is 24.3 Å². The average Bonchev–Trinajstić information content (AvgIpc) is 2.39. The number of allylic oxidation sites excluding steroid dienone is 1. The Morgan fingerprint density at radius 2 is 2.14 bits per heavy atom. The topological polar surface area (TPSA) is 59.6 Å². The lowest BCUT2D eigenvalue weighted by Gasteiger charge is -2.46. The first-order valence-electron chi connectivity index (χ1n) is 8.25. The average molecular weight is 312 g/mol. The summed E-state index contributed by atoms with van der Waals surface area (Å²) in [6.45, 7) is 14.2. The molecule has 0 aromatic rings. The van der Waals surface area contributed by atoms with E-state index in [2.05, 4.69) is 24.1 Å². The van der Waals surface area contributed by atoms with E-state index in [1.165, 1.54) is 0 Å². The van der Waals surface area contributed by atoms with Crippen molar-refractivity contribution in [1.82, 2.24) is 10.6 Å². The molecule has 1 fully saturated rings. The van der Waals surface area contributed by atoms with Crippen LogP contribution in [0.15, 0.2) is 12.7 Å². The molecule has 4 atom stereocenters. The fourth-order valence-electron chi connectivity index (χ4n) is 2.60. The lowest BCUT2D eigenvalue weighted by atomic mass is 9.82. The minimum atomic E-state index is -0.479. The van der Waals surface area contributed by atoms with E-state index in [1.54, 1.807) is 0 Å². The van der Waals surface area contributed by atoms with E-state index >= 15 is 0 Å². The zero-order valence-electron chi connectivity index (χ0n) is 14.6. The van der Waals surface area contributed by atoms with Crippen LogP contribution in [0.4, 0.5) is 4.79 Å². The van der Waals surface area contributed by atoms with Crippen molar-refractivity contribution >= 4 is 6.09 Å². The summed E-state index contributed by atoms with van der Waals surface area (Å²) in [7, 11) is 0. The quantitative estimate of drug-likeness (QED) is 0.676. The molecule has 5 nitrogen and oxygen atoms in total. The van der Waals surface area contributed by atoms with Crippen molar-refractivity contribution in [2.45, 2.75) is 83.7 Å². The summed E-state index contributed by atoms with van der Waals surface area (Å²) in [5, 5.41) is 6.51. The molecular formula is C17H32N2O3. The minimum absolute atomic E-state index is 0.0533. The third kappa shape index (κ3) is 6.36. The molecule has 0 bridgehead atoms. The SMILES string of the molecule is C=CCCC(C)NC1C(NC(=O)OC(C)(C)C)CC1OCC. The van der Waals surface area contributed by atoms with E-state index in [4.69, 9.17) is 9.47 Å². The summed E-state index contributed by atoms with van der Waals surface area (Å²) in [5.41, 5.74) is -0.479. The second-order valence-electron chi connectivity index (χ2n) is 6.94. The maximum absolute atomic E-state index is 11.9. The predicted octanol–water partition coefficient (Wildman–Crippen LogP) is 3.00. The summed E-state index contributed by atoms with van der Waals surface area (Å²) >= 11 is 0. The number of rotatable bonds is 8. The minimum Gasteiger partial charge on any atom is -0.444 e. The van der Waals surface area contributed by atoms with Gasteiger partial charge in [0.1, 0.15) is 5.60 Å². The summed E-state index contributed by atoms with van der Waals surface area (Å²) in [4.78, 5) is 11.9. The highest BCUT2D eigenvalue weighted by molar-refractivity contribution is 5.68. The van der Waals surface area contributed by atoms with Gasteiger partial charge in [0.15, 0.2) is 0 Å². The van der Waals surface area contributed by atoms with Crippen LogP contribution in [0, 0.1) is 0 Å². The molecule has 1 aliphatic rings. The van der Waals surface area contributed by atoms with Crippen LogP contribution in [0.1, 0.15) is 53.9 Å². The van der Waals surface area contributed by atoms with E-state index in [9.17, 15) is 4.79 Å². The predicted molar refractivity (Wildman–Crippen MR) is 89.0 cm³/mol. The number of alkyl carbamates (subject to hydrolysis) is 1. The Labute approximate surface area is 134 Å². The molecule has 1 rings (SSSR count). The molecular weight excluding hydrogens is 280 g/mol. The number of nitrogens with one attached hydrogen (secondary N) is 2. The Morgan fingerprint density at radius 1 is 1.45 bits per heavy atom. The molecule has 0 aromatic carbocycles. The molecule has 128 valence electrons. The van der Waals surface area contributed by atoms with Crippen LogP contribution in [0.3, 0.4) is 0 Å². The van der Waals surface area contributed by atoms with E-state index in [0.717, 1.165) is 19.3 Å². The number of ether oxygens (including phenoxy) is 2. The van der Waals surface area contributed by atoms with Gasteiger partial charge in [0, 0.05) is 12.6 Å². The molecule has 0 heterocycles. The second-order valence-corrected chi connectivity index (χ2v) is 6.94. The molecule has 1 amide bonds. The van der Waals surface area contributed by atoms with Gasteiger partial charge >= 0.3 is 6.09 Å². The number of amides is 1. The van der Waals surface area contributed by atoms with Gasteiger partial charge in [-0.3, -0.25) is 0 Å². The second kappa shape index (κ2) is 8.53. The lowest BCUT2D eigenvalue weighted by Crippen LogP contribution is -2.67. The van der Waals surface area contributed by atoms with Crippen LogP contribution in [-0.2, 0) is 9.47 Å². The molecule has 4 unspecified atom stereocenters. The number of carbonyl (C=O) groups is 1. The van der Waals surface area contributed by atoms with Gasteiger partial charge in [0.25, 0.3) is 0 Å². The summed E-state index contributed by atoms with van der Waals surface area (Å²) in [6.07, 6.45) is 4.53. The van der Waals surface area contributed by atoms with Crippen molar-refractivity contribution in [1.29, 1.82) is 0 Å². The highest BCUT2D eigenvalue weighted by Crippen LogP contribution is 2.26. The highest BCUT2D eigenvalue weighted by Gasteiger charge is 2.43. The molecule has 0 saturated heterocycles. The molecule has 2 N–H and O–H groups in total. The third-order valence-electron chi connectivity index (χ3n) is 3.68. The zero-order valence-corrected chi connectivity index (χ0v) is 14.6. The maximum atomic E-state index is 11.9. The molecule has 22 heavy (non-hydrogen) atoms. The van der Waals surface area contributed by atoms with Gasteiger partial charge in [-0.2, -0.15) is 0 Å². The molecule has 1 saturated carbocycles. The van der Waals surface area contributed by atoms with Crippen LogP contribution in [0.25, 0.3) is 0 Å². The monoisotopic (exact) mass is 312 g/mol. The Bertz CT molecular complexity index is 365. The van der Waals surface area contributed by atoms with E-state index in [1.807, 2.05) is 33.8 Å². The van der Waals surface area contributed by atoms with Crippen molar-refractivity contribution in [2.24, 2.45) is 0 Å². The number of hydrogen-bond donors (Lipinski definition) is 2. The number of carbonyl (C=O) groups excluding carboxylic acids is 1. The van der Waals surface area contributed by atoms with Gasteiger partial charge in [-0.25, -0.2) is 4.79 Å². The van der Waals surface area contributed by atoms with Gasteiger partial charge < -0.3 is 20.1 Å². The molecule has 1 aliphatic carbocycles. The maximum Gasteiger partial charge on any atom is 0.407 e. The fourth-order valence-corrected chi connectivity index (χ4v) is 2.60. The van der Waals surface area contributed by atoms with Gasteiger partial charge in [0.2, 0.25) is 0 Å². The van der Waals surface area contributed by atoms with Crippen LogP contribution >= 0.6 is 0 Å². The van der Waals surface area contributed by atoms with Gasteiger partial charge in [-0.05, 0) is 53.9 Å². The summed E-state index contributed by atoms with van der Waals surface area (Å²) < 4.78 is 11.1. The van der Waals surface area contributed by atoms with Gasteiger partial charge in [-0.15, -0.1) is 6.58 Å². The first-order valence-corrected chi connectivity index (χ1v) is 8.25. The van der Waals surface area contributed by atoms with Crippen molar-refractivity contribution in [3.05, 3.63) is 12.7 Å². The Hall–Kier alpha value is -1.07. The van der Waals surface area contributed by atoms with Crippen LogP contribution in [0.5, 0.6) is 0 Å². The van der Waals surface area contributed by atoms with Crippen molar-refractivity contribution in [3.63, 3.8) is 0 Å². The first kappa shape index (κ1) is 19.0. The van der Waals surface area contributed by atoms with Crippen molar-refractivity contribution in [2.75, 3.05) is 6.61 Å². The molecule has 5 heteroatoms. The summed E-state index contributed by atoms with van der Waals surface area (Å²) in [5.74, 6) is 0. The zero-order chi connectivity index (χ0) is 16.8. The number of hydrogen-bond acceptors (Lipinski definition) is 4. The Balaban J connectivity index is 2.51. The molecule has 0 radical (unpaired) electrons. The Kier molecular flexibility index (Phi) is 7.36. The first-order chi connectivity index (χ1) is 10.3. The lowest BCUT2D eigenvalue weighted by molar-refractivity contribution is -0.0463. The summed E-state index contributed by atoms with van der Waals surface area (Å²) in [6, 6.07) is 0.541.